The van der Waals surface area contributed by atoms with Crippen LogP contribution >= 0.6 is 23.1 Å². The molecule has 3 rings (SSSR count). The van der Waals surface area contributed by atoms with Crippen molar-refractivity contribution in [2.24, 2.45) is 5.92 Å². The number of thioether (sulfide) groups is 1. The molecular weight excluding hydrogens is 380 g/mol. The topological polar surface area (TPSA) is 79.2 Å². The van der Waals surface area contributed by atoms with Gasteiger partial charge in [0.05, 0.1) is 29.2 Å². The number of hydrogen-bond acceptors (Lipinski definition) is 6. The molecule has 138 valence electrons. The molecule has 1 aliphatic rings. The highest BCUT2D eigenvalue weighted by Gasteiger charge is 2.44. The first-order valence-corrected chi connectivity index (χ1v) is 10.3. The Morgan fingerprint density at radius 2 is 2.07 bits per heavy atom. The van der Waals surface area contributed by atoms with E-state index in [9.17, 15) is 14.9 Å². The monoisotopic (exact) mass is 398 g/mol. The van der Waals surface area contributed by atoms with E-state index in [0.717, 1.165) is 10.4 Å². The highest BCUT2D eigenvalue weighted by molar-refractivity contribution is 8.02. The molecule has 27 heavy (non-hydrogen) atoms. The maximum Gasteiger partial charge on any atom is 0.319 e. The van der Waals surface area contributed by atoms with Crippen LogP contribution in [-0.2, 0) is 20.1 Å². The van der Waals surface area contributed by atoms with Crippen LogP contribution in [0.15, 0.2) is 58.4 Å². The molecule has 0 spiro atoms. The molecule has 1 N–H and O–H groups in total. The molecule has 1 aromatic carbocycles. The minimum atomic E-state index is -1.06. The van der Waals surface area contributed by atoms with E-state index in [1.807, 2.05) is 47.8 Å². The van der Waals surface area contributed by atoms with Crippen LogP contribution < -0.4 is 5.32 Å². The fraction of sp³-hybridized carbons (Fsp3) is 0.250. The van der Waals surface area contributed by atoms with Gasteiger partial charge in [0.2, 0.25) is 5.91 Å². The summed E-state index contributed by atoms with van der Waals surface area (Å²) < 4.78 is 5.10. The Hall–Kier alpha value is -2.56. The lowest BCUT2D eigenvalue weighted by Gasteiger charge is -2.30. The third-order valence-electron chi connectivity index (χ3n) is 4.14. The van der Waals surface area contributed by atoms with E-state index in [1.54, 1.807) is 6.92 Å². The smallest absolute Gasteiger partial charge is 0.319 e. The van der Waals surface area contributed by atoms with Crippen LogP contribution in [0.4, 0.5) is 0 Å². The first-order chi connectivity index (χ1) is 13.2. The van der Waals surface area contributed by atoms with E-state index >= 15 is 0 Å². The lowest BCUT2D eigenvalue weighted by atomic mass is 9.82. The standard InChI is InChI=1S/C20H18N2O3S2/c1-2-25-20(24)17-16(15-9-6-10-26-15)14(11-21)19(22-18(17)23)27-12-13-7-4-3-5-8-13/h3-10,16-17H,2,12H2,1H3,(H,22,23). The fourth-order valence-electron chi connectivity index (χ4n) is 2.93. The maximum absolute atomic E-state index is 12.7. The number of carbonyl (C=O) groups is 2. The van der Waals surface area contributed by atoms with E-state index in [-0.39, 0.29) is 6.61 Å². The second kappa shape index (κ2) is 8.89. The van der Waals surface area contributed by atoms with Crippen molar-refractivity contribution in [2.75, 3.05) is 6.61 Å². The highest BCUT2D eigenvalue weighted by Crippen LogP contribution is 2.42. The van der Waals surface area contributed by atoms with Gasteiger partial charge in [-0.05, 0) is 23.9 Å². The molecule has 5 nitrogen and oxygen atoms in total. The second-order valence-electron chi connectivity index (χ2n) is 5.84. The Labute approximate surface area is 166 Å². The number of hydrogen-bond donors (Lipinski definition) is 1. The number of nitrogens with zero attached hydrogens (tertiary/aromatic N) is 1. The zero-order valence-electron chi connectivity index (χ0n) is 14.7. The third-order valence-corrected chi connectivity index (χ3v) is 6.19. The van der Waals surface area contributed by atoms with Crippen molar-refractivity contribution in [3.05, 3.63) is 68.9 Å². The molecule has 0 aliphatic carbocycles. The van der Waals surface area contributed by atoms with Crippen molar-refractivity contribution >= 4 is 35.0 Å². The van der Waals surface area contributed by atoms with Gasteiger partial charge in [-0.2, -0.15) is 5.26 Å². The number of rotatable bonds is 6. The Morgan fingerprint density at radius 3 is 2.70 bits per heavy atom. The molecule has 2 aromatic rings. The molecule has 1 aromatic heterocycles. The summed E-state index contributed by atoms with van der Waals surface area (Å²) >= 11 is 2.82. The average Bonchev–Trinajstić information content (AvgIpc) is 3.21. The summed E-state index contributed by atoms with van der Waals surface area (Å²) in [7, 11) is 0. The van der Waals surface area contributed by atoms with Gasteiger partial charge in [0.1, 0.15) is 5.92 Å². The van der Waals surface area contributed by atoms with Gasteiger partial charge in [0.25, 0.3) is 0 Å². The summed E-state index contributed by atoms with van der Waals surface area (Å²) in [5.74, 6) is -2.10. The van der Waals surface area contributed by atoms with Gasteiger partial charge in [-0.3, -0.25) is 9.59 Å². The minimum Gasteiger partial charge on any atom is -0.465 e. The summed E-state index contributed by atoms with van der Waals surface area (Å²) in [5, 5.41) is 15.0. The molecule has 2 unspecified atom stereocenters. The largest absolute Gasteiger partial charge is 0.465 e. The van der Waals surface area contributed by atoms with Crippen molar-refractivity contribution < 1.29 is 14.3 Å². The lowest BCUT2D eigenvalue weighted by Crippen LogP contribution is -2.44. The number of carbonyl (C=O) groups excluding carboxylic acids is 2. The van der Waals surface area contributed by atoms with Crippen molar-refractivity contribution in [2.45, 2.75) is 18.6 Å². The molecule has 0 saturated carbocycles. The summed E-state index contributed by atoms with van der Waals surface area (Å²) in [4.78, 5) is 26.0. The number of amides is 1. The number of allylic oxidation sites excluding steroid dienone is 1. The summed E-state index contributed by atoms with van der Waals surface area (Å²) in [5.41, 5.74) is 1.48. The number of nitrogens with one attached hydrogen (secondary N) is 1. The van der Waals surface area contributed by atoms with Crippen molar-refractivity contribution in [3.8, 4) is 6.07 Å². The minimum absolute atomic E-state index is 0.182. The molecule has 2 atom stereocenters. The maximum atomic E-state index is 12.7. The molecule has 0 fully saturated rings. The predicted octanol–water partition coefficient (Wildman–Crippen LogP) is 3.81. The van der Waals surface area contributed by atoms with Crippen LogP contribution in [0.5, 0.6) is 0 Å². The summed E-state index contributed by atoms with van der Waals surface area (Å²) in [6.45, 7) is 1.88. The molecule has 2 heterocycles. The van der Waals surface area contributed by atoms with Crippen molar-refractivity contribution in [3.63, 3.8) is 0 Å². The number of nitriles is 1. The van der Waals surface area contributed by atoms with Gasteiger partial charge >= 0.3 is 5.97 Å². The predicted molar refractivity (Wildman–Crippen MR) is 106 cm³/mol. The SMILES string of the molecule is CCOC(=O)C1C(=O)NC(SCc2ccccc2)=C(C#N)C1c1cccs1. The first kappa shape index (κ1) is 19.2. The van der Waals surface area contributed by atoms with Crippen molar-refractivity contribution in [1.29, 1.82) is 5.26 Å². The Bertz CT molecular complexity index is 886. The number of ether oxygens (including phenoxy) is 1. The second-order valence-corrected chi connectivity index (χ2v) is 7.81. The van der Waals surface area contributed by atoms with Crippen LogP contribution in [0, 0.1) is 17.2 Å². The molecule has 1 aliphatic heterocycles. The number of benzene rings is 1. The van der Waals surface area contributed by atoms with Crippen LogP contribution in [-0.4, -0.2) is 18.5 Å². The Morgan fingerprint density at radius 1 is 1.30 bits per heavy atom. The normalized spacial score (nSPS) is 19.3. The zero-order valence-corrected chi connectivity index (χ0v) is 16.3. The van der Waals surface area contributed by atoms with E-state index in [1.165, 1.54) is 23.1 Å². The molecule has 1 amide bonds. The van der Waals surface area contributed by atoms with E-state index in [2.05, 4.69) is 11.4 Å². The summed E-state index contributed by atoms with van der Waals surface area (Å²) in [6.07, 6.45) is 0. The fourth-order valence-corrected chi connectivity index (χ4v) is 4.81. The molecule has 0 bridgehead atoms. The Balaban J connectivity index is 1.97. The van der Waals surface area contributed by atoms with E-state index < -0.39 is 23.7 Å². The van der Waals surface area contributed by atoms with E-state index in [0.29, 0.717) is 16.4 Å². The quantitative estimate of drug-likeness (QED) is 0.591. The van der Waals surface area contributed by atoms with Gasteiger partial charge in [0, 0.05) is 10.6 Å². The molecule has 0 saturated heterocycles. The van der Waals surface area contributed by atoms with Gasteiger partial charge in [-0.1, -0.05) is 36.4 Å². The van der Waals surface area contributed by atoms with Crippen LogP contribution in [0.1, 0.15) is 23.3 Å². The van der Waals surface area contributed by atoms with Gasteiger partial charge in [-0.25, -0.2) is 0 Å². The number of esters is 1. The van der Waals surface area contributed by atoms with Gasteiger partial charge < -0.3 is 10.1 Å². The molecule has 7 heteroatoms. The van der Waals surface area contributed by atoms with Crippen LogP contribution in [0.2, 0.25) is 0 Å². The molecular formula is C20H18N2O3S2. The zero-order chi connectivity index (χ0) is 19.2. The Kier molecular flexibility index (Phi) is 6.32. The summed E-state index contributed by atoms with van der Waals surface area (Å²) in [6, 6.07) is 15.7. The molecule has 0 radical (unpaired) electrons. The number of thiophene rings is 1. The average molecular weight is 399 g/mol. The van der Waals surface area contributed by atoms with Crippen molar-refractivity contribution in [1.82, 2.24) is 5.32 Å². The van der Waals surface area contributed by atoms with Gasteiger partial charge in [-0.15, -0.1) is 23.1 Å². The van der Waals surface area contributed by atoms with Gasteiger partial charge in [0.15, 0.2) is 0 Å². The van der Waals surface area contributed by atoms with Crippen LogP contribution in [0.25, 0.3) is 0 Å². The highest BCUT2D eigenvalue weighted by atomic mass is 32.2. The first-order valence-electron chi connectivity index (χ1n) is 8.47. The van der Waals surface area contributed by atoms with Crippen LogP contribution in [0.3, 0.4) is 0 Å². The third kappa shape index (κ3) is 4.24. The van der Waals surface area contributed by atoms with E-state index in [4.69, 9.17) is 4.74 Å². The lowest BCUT2D eigenvalue weighted by molar-refractivity contribution is -0.152.